The molecule has 0 aliphatic carbocycles. The number of halogens is 3. The maximum atomic E-state index is 13.1. The Morgan fingerprint density at radius 1 is 1.09 bits per heavy atom. The molecule has 0 saturated heterocycles. The fraction of sp³-hybridized carbons (Fsp3) is 0.148. The van der Waals surface area contributed by atoms with Crippen LogP contribution in [0.3, 0.4) is 0 Å². The standard InChI is InChI=1S/C27H22Cl2FNO3/c1-3-33-25-13-26-22(23(15-34-26)20-9-6-18(28)11-24(20)29)12-21(25)16(2)10-27(32)31-14-17-4-7-19(30)8-5-17/h4-13,15H,3,14H2,1-2H3,(H,31,32)/b16-10+. The molecule has 1 N–H and O–H groups in total. The monoisotopic (exact) mass is 497 g/mol. The number of rotatable bonds is 7. The van der Waals surface area contributed by atoms with Gasteiger partial charge in [-0.15, -0.1) is 0 Å². The molecule has 0 atom stereocenters. The predicted octanol–water partition coefficient (Wildman–Crippen LogP) is 7.66. The number of ether oxygens (including phenoxy) is 1. The maximum absolute atomic E-state index is 13.1. The predicted molar refractivity (Wildman–Crippen MR) is 135 cm³/mol. The van der Waals surface area contributed by atoms with Crippen molar-refractivity contribution in [3.63, 3.8) is 0 Å². The van der Waals surface area contributed by atoms with Crippen LogP contribution in [0.15, 0.2) is 71.4 Å². The first-order valence-electron chi connectivity index (χ1n) is 10.7. The fourth-order valence-corrected chi connectivity index (χ4v) is 4.18. The Morgan fingerprint density at radius 2 is 1.85 bits per heavy atom. The lowest BCUT2D eigenvalue weighted by molar-refractivity contribution is -0.116. The highest BCUT2D eigenvalue weighted by Gasteiger charge is 2.17. The van der Waals surface area contributed by atoms with Crippen LogP contribution >= 0.6 is 23.2 Å². The van der Waals surface area contributed by atoms with E-state index in [2.05, 4.69) is 5.32 Å². The molecule has 4 nitrogen and oxygen atoms in total. The molecule has 34 heavy (non-hydrogen) atoms. The zero-order valence-corrected chi connectivity index (χ0v) is 20.1. The topological polar surface area (TPSA) is 51.5 Å². The average Bonchev–Trinajstić information content (AvgIpc) is 3.21. The van der Waals surface area contributed by atoms with E-state index in [-0.39, 0.29) is 11.7 Å². The molecule has 0 fully saturated rings. The van der Waals surface area contributed by atoms with Gasteiger partial charge in [0.15, 0.2) is 0 Å². The Labute approximate surface area is 206 Å². The maximum Gasteiger partial charge on any atom is 0.244 e. The van der Waals surface area contributed by atoms with Gasteiger partial charge in [-0.1, -0.05) is 41.4 Å². The molecule has 4 aromatic rings. The average molecular weight is 498 g/mol. The van der Waals surface area contributed by atoms with Gasteiger partial charge in [-0.3, -0.25) is 4.79 Å². The molecule has 0 saturated carbocycles. The number of furan rings is 1. The summed E-state index contributed by atoms with van der Waals surface area (Å²) in [6.07, 6.45) is 3.16. The molecule has 0 spiro atoms. The van der Waals surface area contributed by atoms with Gasteiger partial charge in [-0.25, -0.2) is 4.39 Å². The molecule has 0 radical (unpaired) electrons. The number of benzene rings is 3. The highest BCUT2D eigenvalue weighted by atomic mass is 35.5. The zero-order chi connectivity index (χ0) is 24.2. The number of hydrogen-bond acceptors (Lipinski definition) is 3. The Bertz CT molecular complexity index is 1380. The molecule has 0 aliphatic heterocycles. The molecule has 1 aromatic heterocycles. The van der Waals surface area contributed by atoms with Gasteiger partial charge in [0.2, 0.25) is 5.91 Å². The summed E-state index contributed by atoms with van der Waals surface area (Å²) in [6, 6.07) is 15.0. The Morgan fingerprint density at radius 3 is 2.56 bits per heavy atom. The lowest BCUT2D eigenvalue weighted by Gasteiger charge is -2.12. The molecule has 4 rings (SSSR count). The quantitative estimate of drug-likeness (QED) is 0.266. The molecule has 1 heterocycles. The van der Waals surface area contributed by atoms with Crippen molar-refractivity contribution in [2.24, 2.45) is 0 Å². The Hall–Kier alpha value is -3.28. The molecular weight excluding hydrogens is 476 g/mol. The summed E-state index contributed by atoms with van der Waals surface area (Å²) < 4.78 is 24.7. The van der Waals surface area contributed by atoms with Crippen molar-refractivity contribution in [1.82, 2.24) is 5.32 Å². The van der Waals surface area contributed by atoms with E-state index in [0.717, 1.165) is 33.2 Å². The van der Waals surface area contributed by atoms with Crippen LogP contribution in [0.5, 0.6) is 5.75 Å². The first kappa shape index (κ1) is 23.9. The third-order valence-electron chi connectivity index (χ3n) is 5.35. The smallest absolute Gasteiger partial charge is 0.244 e. The molecule has 7 heteroatoms. The number of nitrogens with one attached hydrogen (secondary N) is 1. The largest absolute Gasteiger partial charge is 0.493 e. The van der Waals surface area contributed by atoms with Crippen LogP contribution in [0.4, 0.5) is 4.39 Å². The first-order chi connectivity index (χ1) is 16.4. The molecule has 1 amide bonds. The van der Waals surface area contributed by atoms with E-state index in [0.29, 0.717) is 34.5 Å². The lowest BCUT2D eigenvalue weighted by atomic mass is 9.99. The normalized spacial score (nSPS) is 11.6. The number of carbonyl (C=O) groups is 1. The van der Waals surface area contributed by atoms with Gasteiger partial charge in [0.05, 0.1) is 17.9 Å². The van der Waals surface area contributed by atoms with Crippen LogP contribution in [0, 0.1) is 5.82 Å². The van der Waals surface area contributed by atoms with Crippen molar-refractivity contribution in [3.05, 3.63) is 93.9 Å². The van der Waals surface area contributed by atoms with Crippen molar-refractivity contribution in [1.29, 1.82) is 0 Å². The summed E-state index contributed by atoms with van der Waals surface area (Å²) in [5.74, 6) is 0.0267. The van der Waals surface area contributed by atoms with E-state index in [1.165, 1.54) is 18.2 Å². The molecular formula is C27H22Cl2FNO3. The number of fused-ring (bicyclic) bond motifs is 1. The lowest BCUT2D eigenvalue weighted by Crippen LogP contribution is -2.20. The van der Waals surface area contributed by atoms with Crippen molar-refractivity contribution in [2.75, 3.05) is 6.61 Å². The molecule has 174 valence electrons. The summed E-state index contributed by atoms with van der Waals surface area (Å²) in [7, 11) is 0. The van der Waals surface area contributed by atoms with Crippen molar-refractivity contribution < 1.29 is 18.3 Å². The Balaban J connectivity index is 1.67. The Kier molecular flexibility index (Phi) is 7.25. The summed E-state index contributed by atoms with van der Waals surface area (Å²) in [5.41, 5.74) is 4.53. The van der Waals surface area contributed by atoms with E-state index in [4.69, 9.17) is 32.4 Å². The van der Waals surface area contributed by atoms with Gasteiger partial charge < -0.3 is 14.5 Å². The number of hydrogen-bond donors (Lipinski definition) is 1. The van der Waals surface area contributed by atoms with E-state index >= 15 is 0 Å². The SMILES string of the molecule is CCOc1cc2occ(-c3ccc(Cl)cc3Cl)c2cc1/C(C)=C/C(=O)NCc1ccc(F)cc1. The van der Waals surface area contributed by atoms with Crippen molar-refractivity contribution >= 4 is 45.7 Å². The van der Waals surface area contributed by atoms with Gasteiger partial charge in [0, 0.05) is 45.8 Å². The number of amides is 1. The van der Waals surface area contributed by atoms with E-state index in [1.54, 1.807) is 30.5 Å². The molecule has 0 bridgehead atoms. The third-order valence-corrected chi connectivity index (χ3v) is 5.90. The highest BCUT2D eigenvalue weighted by molar-refractivity contribution is 6.36. The van der Waals surface area contributed by atoms with E-state index in [1.807, 2.05) is 32.0 Å². The number of allylic oxidation sites excluding steroid dienone is 1. The minimum atomic E-state index is -0.317. The van der Waals surface area contributed by atoms with Gasteiger partial charge in [0.1, 0.15) is 17.1 Å². The fourth-order valence-electron chi connectivity index (χ4n) is 3.67. The zero-order valence-electron chi connectivity index (χ0n) is 18.6. The molecule has 0 aliphatic rings. The van der Waals surface area contributed by atoms with Gasteiger partial charge in [-0.2, -0.15) is 0 Å². The van der Waals surface area contributed by atoms with Gasteiger partial charge in [-0.05, 0) is 55.3 Å². The van der Waals surface area contributed by atoms with Gasteiger partial charge in [0.25, 0.3) is 0 Å². The highest BCUT2D eigenvalue weighted by Crippen LogP contribution is 2.40. The van der Waals surface area contributed by atoms with Crippen LogP contribution in [0.25, 0.3) is 27.7 Å². The van der Waals surface area contributed by atoms with Crippen LogP contribution in [0.1, 0.15) is 25.0 Å². The minimum Gasteiger partial charge on any atom is -0.493 e. The van der Waals surface area contributed by atoms with Crippen molar-refractivity contribution in [3.8, 4) is 16.9 Å². The molecule has 3 aromatic carbocycles. The first-order valence-corrected chi connectivity index (χ1v) is 11.5. The van der Waals surface area contributed by atoms with E-state index < -0.39 is 0 Å². The second-order valence-corrected chi connectivity index (χ2v) is 8.57. The van der Waals surface area contributed by atoms with Gasteiger partial charge >= 0.3 is 0 Å². The minimum absolute atomic E-state index is 0.266. The van der Waals surface area contributed by atoms with Crippen LogP contribution in [-0.4, -0.2) is 12.5 Å². The second kappa shape index (κ2) is 10.3. The van der Waals surface area contributed by atoms with Crippen LogP contribution in [-0.2, 0) is 11.3 Å². The molecule has 0 unspecified atom stereocenters. The number of carbonyl (C=O) groups excluding carboxylic acids is 1. The summed E-state index contributed by atoms with van der Waals surface area (Å²) in [5, 5.41) is 4.72. The van der Waals surface area contributed by atoms with E-state index in [9.17, 15) is 9.18 Å². The summed E-state index contributed by atoms with van der Waals surface area (Å²) in [6.45, 7) is 4.49. The van der Waals surface area contributed by atoms with Crippen molar-refractivity contribution in [2.45, 2.75) is 20.4 Å². The second-order valence-electron chi connectivity index (χ2n) is 7.72. The third kappa shape index (κ3) is 5.27. The summed E-state index contributed by atoms with van der Waals surface area (Å²) >= 11 is 12.5. The summed E-state index contributed by atoms with van der Waals surface area (Å²) in [4.78, 5) is 12.6. The van der Waals surface area contributed by atoms with Crippen LogP contribution in [0.2, 0.25) is 10.0 Å². The van der Waals surface area contributed by atoms with Crippen LogP contribution < -0.4 is 10.1 Å².